The summed E-state index contributed by atoms with van der Waals surface area (Å²) in [4.78, 5) is 25.5. The van der Waals surface area contributed by atoms with Gasteiger partial charge in [0.25, 0.3) is 7.82 Å². The van der Waals surface area contributed by atoms with E-state index in [9.17, 15) is 24.5 Å². The van der Waals surface area contributed by atoms with Crippen LogP contribution in [0.2, 0.25) is 0 Å². The summed E-state index contributed by atoms with van der Waals surface area (Å²) in [6.07, 6.45) is 62.6. The van der Waals surface area contributed by atoms with Gasteiger partial charge in [0, 0.05) is 6.42 Å². The molecule has 4 unspecified atom stereocenters. The van der Waals surface area contributed by atoms with Gasteiger partial charge in [0.15, 0.2) is 0 Å². The molecule has 0 heterocycles. The molecule has 71 heavy (non-hydrogen) atoms. The SMILES string of the molecule is CCCCCCC/C=C\C/C=C\CCCCCCCCCCCCCCCCCCCCCCCCCC(=O)NC(COP(=O)([O-])OCC[N+](C)(C)C)C(O)C(O)CCCCCCCCCCCCCC. The molecular formula is C61H121N2O7P. The van der Waals surface area contributed by atoms with Crippen molar-refractivity contribution in [3.05, 3.63) is 24.3 Å². The number of amides is 1. The Hall–Kier alpha value is -1.06. The number of nitrogens with one attached hydrogen (secondary N) is 1. The lowest BCUT2D eigenvalue weighted by Crippen LogP contribution is -2.51. The molecular weight excluding hydrogens is 904 g/mol. The molecule has 0 spiro atoms. The van der Waals surface area contributed by atoms with Crippen molar-refractivity contribution in [1.82, 2.24) is 5.32 Å². The maximum Gasteiger partial charge on any atom is 0.268 e. The molecule has 422 valence electrons. The fourth-order valence-electron chi connectivity index (χ4n) is 9.41. The summed E-state index contributed by atoms with van der Waals surface area (Å²) in [5, 5.41) is 24.8. The first-order valence-electron chi connectivity index (χ1n) is 30.8. The molecule has 9 nitrogen and oxygen atoms in total. The Morgan fingerprint density at radius 1 is 0.507 bits per heavy atom. The molecule has 0 saturated carbocycles. The quantitative estimate of drug-likeness (QED) is 0.0240. The number of hydrogen-bond acceptors (Lipinski definition) is 7. The van der Waals surface area contributed by atoms with Gasteiger partial charge in [0.05, 0.1) is 39.9 Å². The number of carbonyl (C=O) groups is 1. The summed E-state index contributed by atoms with van der Waals surface area (Å²) in [5.74, 6) is -0.273. The van der Waals surface area contributed by atoms with Crippen LogP contribution in [0.4, 0.5) is 0 Å². The third-order valence-electron chi connectivity index (χ3n) is 14.3. The molecule has 0 fully saturated rings. The molecule has 10 heteroatoms. The highest BCUT2D eigenvalue weighted by molar-refractivity contribution is 7.45. The minimum atomic E-state index is -4.67. The van der Waals surface area contributed by atoms with Gasteiger partial charge >= 0.3 is 0 Å². The Kier molecular flexibility index (Phi) is 51.6. The van der Waals surface area contributed by atoms with E-state index in [0.29, 0.717) is 17.4 Å². The average molecular weight is 1030 g/mol. The summed E-state index contributed by atoms with van der Waals surface area (Å²) in [6.45, 7) is 4.46. The Bertz CT molecular complexity index is 1230. The number of nitrogens with zero attached hydrogens (tertiary/aromatic N) is 1. The zero-order valence-electron chi connectivity index (χ0n) is 47.8. The van der Waals surface area contributed by atoms with Gasteiger partial charge in [-0.2, -0.15) is 0 Å². The molecule has 4 atom stereocenters. The molecule has 0 aliphatic heterocycles. The average Bonchev–Trinajstić information content (AvgIpc) is 3.33. The molecule has 0 radical (unpaired) electrons. The van der Waals surface area contributed by atoms with Crippen LogP contribution < -0.4 is 10.2 Å². The van der Waals surface area contributed by atoms with Gasteiger partial charge < -0.3 is 34.0 Å². The Morgan fingerprint density at radius 2 is 0.845 bits per heavy atom. The molecule has 0 rings (SSSR count). The fraction of sp³-hybridized carbons (Fsp3) is 0.918. The standard InChI is InChI=1S/C61H121N2O7P/c1-6-8-10-12-14-16-18-20-21-22-23-24-25-26-27-28-29-30-31-32-33-34-35-36-37-38-39-40-41-42-44-46-48-50-52-54-60(65)62-58(57-70-71(67,68)69-56-55-63(3,4)5)61(66)59(64)53-51-49-47-45-43-19-17-15-13-11-9-7-2/h18,20,22-23,58-59,61,64,66H,6-17,19,21,24-57H2,1-5H3,(H-,62,65,67,68)/b20-18-,23-22-. The van der Waals surface area contributed by atoms with E-state index in [1.54, 1.807) is 0 Å². The van der Waals surface area contributed by atoms with Crippen molar-refractivity contribution >= 4 is 13.7 Å². The number of allylic oxidation sites excluding steroid dienone is 4. The molecule has 0 saturated heterocycles. The lowest BCUT2D eigenvalue weighted by Gasteiger charge is -2.31. The number of quaternary nitrogens is 1. The third kappa shape index (κ3) is 53.6. The lowest BCUT2D eigenvalue weighted by atomic mass is 9.99. The molecule has 0 aromatic rings. The smallest absolute Gasteiger partial charge is 0.268 e. The monoisotopic (exact) mass is 1020 g/mol. The molecule has 3 N–H and O–H groups in total. The highest BCUT2D eigenvalue weighted by atomic mass is 31.2. The first kappa shape index (κ1) is 69.9. The third-order valence-corrected chi connectivity index (χ3v) is 15.2. The maximum atomic E-state index is 13.0. The number of aliphatic hydroxyl groups excluding tert-OH is 2. The van der Waals surface area contributed by atoms with E-state index in [4.69, 9.17) is 9.05 Å². The van der Waals surface area contributed by atoms with Gasteiger partial charge in [-0.1, -0.05) is 276 Å². The number of likely N-dealkylation sites (N-methyl/N-ethyl adjacent to an activating group) is 1. The van der Waals surface area contributed by atoms with Gasteiger partial charge in [0.1, 0.15) is 19.3 Å². The van der Waals surface area contributed by atoms with Crippen LogP contribution in [0.15, 0.2) is 24.3 Å². The van der Waals surface area contributed by atoms with E-state index in [1.165, 1.54) is 231 Å². The predicted molar refractivity (Wildman–Crippen MR) is 304 cm³/mol. The fourth-order valence-corrected chi connectivity index (χ4v) is 10.1. The van der Waals surface area contributed by atoms with Crippen LogP contribution in [0.5, 0.6) is 0 Å². The van der Waals surface area contributed by atoms with Crippen molar-refractivity contribution < 1.29 is 38.0 Å². The topological polar surface area (TPSA) is 128 Å². The van der Waals surface area contributed by atoms with Crippen molar-refractivity contribution in [1.29, 1.82) is 0 Å². The summed E-state index contributed by atoms with van der Waals surface area (Å²) in [7, 11) is 1.14. The summed E-state index contributed by atoms with van der Waals surface area (Å²) in [6, 6.07) is -1.07. The first-order valence-corrected chi connectivity index (χ1v) is 32.2. The number of hydrogen-bond donors (Lipinski definition) is 3. The molecule has 0 aliphatic carbocycles. The normalized spacial score (nSPS) is 14.4. The van der Waals surface area contributed by atoms with Crippen LogP contribution in [0.25, 0.3) is 0 Å². The first-order chi connectivity index (χ1) is 34.4. The van der Waals surface area contributed by atoms with E-state index in [-0.39, 0.29) is 18.9 Å². The second-order valence-corrected chi connectivity index (χ2v) is 24.0. The van der Waals surface area contributed by atoms with E-state index in [1.807, 2.05) is 21.1 Å². The lowest BCUT2D eigenvalue weighted by molar-refractivity contribution is -0.870. The van der Waals surface area contributed by atoms with E-state index >= 15 is 0 Å². The van der Waals surface area contributed by atoms with Gasteiger partial charge in [-0.05, 0) is 44.9 Å². The van der Waals surface area contributed by atoms with Crippen molar-refractivity contribution in [3.63, 3.8) is 0 Å². The van der Waals surface area contributed by atoms with Crippen LogP contribution in [0.3, 0.4) is 0 Å². The highest BCUT2D eigenvalue weighted by Gasteiger charge is 2.29. The van der Waals surface area contributed by atoms with E-state index < -0.39 is 32.7 Å². The zero-order valence-corrected chi connectivity index (χ0v) is 48.7. The van der Waals surface area contributed by atoms with Gasteiger partial charge in [-0.25, -0.2) is 0 Å². The van der Waals surface area contributed by atoms with Crippen molar-refractivity contribution in [2.45, 2.75) is 321 Å². The van der Waals surface area contributed by atoms with Gasteiger partial charge in [-0.15, -0.1) is 0 Å². The number of rotatable bonds is 57. The summed E-state index contributed by atoms with van der Waals surface area (Å²) >= 11 is 0. The van der Waals surface area contributed by atoms with Crippen LogP contribution in [-0.4, -0.2) is 79.8 Å². The van der Waals surface area contributed by atoms with Crippen LogP contribution in [0, 0.1) is 0 Å². The minimum absolute atomic E-state index is 0.0381. The number of unbranched alkanes of at least 4 members (excludes halogenated alkanes) is 39. The zero-order chi connectivity index (χ0) is 52.2. The Balaban J connectivity index is 3.98. The minimum Gasteiger partial charge on any atom is -0.756 e. The largest absolute Gasteiger partial charge is 0.756 e. The van der Waals surface area contributed by atoms with Crippen LogP contribution >= 0.6 is 7.82 Å². The van der Waals surface area contributed by atoms with Crippen LogP contribution in [-0.2, 0) is 18.4 Å². The molecule has 0 aromatic carbocycles. The van der Waals surface area contributed by atoms with Crippen LogP contribution in [0.1, 0.15) is 303 Å². The maximum absolute atomic E-state index is 13.0. The second kappa shape index (κ2) is 52.4. The van der Waals surface area contributed by atoms with E-state index in [0.717, 1.165) is 44.9 Å². The summed E-state index contributed by atoms with van der Waals surface area (Å²) < 4.78 is 23.3. The highest BCUT2D eigenvalue weighted by Crippen LogP contribution is 2.38. The molecule has 0 aromatic heterocycles. The summed E-state index contributed by atoms with van der Waals surface area (Å²) in [5.41, 5.74) is 0. The van der Waals surface area contributed by atoms with Crippen molar-refractivity contribution in [2.24, 2.45) is 0 Å². The van der Waals surface area contributed by atoms with Gasteiger partial charge in [-0.3, -0.25) is 9.36 Å². The second-order valence-electron chi connectivity index (χ2n) is 22.6. The number of phosphoric ester groups is 1. The van der Waals surface area contributed by atoms with Gasteiger partial charge in [0.2, 0.25) is 5.91 Å². The van der Waals surface area contributed by atoms with Crippen molar-refractivity contribution in [3.8, 4) is 0 Å². The molecule has 1 amide bonds. The number of phosphoric acid groups is 1. The molecule has 0 bridgehead atoms. The number of carbonyl (C=O) groups excluding carboxylic acids is 1. The van der Waals surface area contributed by atoms with E-state index in [2.05, 4.69) is 43.5 Å². The van der Waals surface area contributed by atoms with Crippen molar-refractivity contribution in [2.75, 3.05) is 40.9 Å². The number of aliphatic hydroxyl groups is 2. The Labute approximate surface area is 441 Å². The Morgan fingerprint density at radius 3 is 1.21 bits per heavy atom. The predicted octanol–water partition coefficient (Wildman–Crippen LogP) is 17.1. The molecule has 0 aliphatic rings.